The zero-order valence-electron chi connectivity index (χ0n) is 15.6. The summed E-state index contributed by atoms with van der Waals surface area (Å²) in [7, 11) is -0.929. The van der Waals surface area contributed by atoms with Gasteiger partial charge >= 0.3 is 12.1 Å². The Balaban J connectivity index is 1.72. The predicted molar refractivity (Wildman–Crippen MR) is 99.7 cm³/mol. The second kappa shape index (κ2) is 8.98. The molecule has 1 aromatic rings. The summed E-state index contributed by atoms with van der Waals surface area (Å²) in [5.41, 5.74) is -0.0458. The number of amides is 1. The summed E-state index contributed by atoms with van der Waals surface area (Å²) in [6.45, 7) is 2.02. The highest BCUT2D eigenvalue weighted by molar-refractivity contribution is 7.85. The zero-order valence-corrected chi connectivity index (χ0v) is 16.4. The van der Waals surface area contributed by atoms with E-state index in [-0.39, 0.29) is 30.3 Å². The van der Waals surface area contributed by atoms with Crippen molar-refractivity contribution in [2.45, 2.75) is 44.6 Å². The lowest BCUT2D eigenvalue weighted by atomic mass is 9.92. The molecule has 2 saturated heterocycles. The molecule has 2 aliphatic rings. The molecule has 6 nitrogen and oxygen atoms in total. The summed E-state index contributed by atoms with van der Waals surface area (Å²) < 4.78 is 50.8. The van der Waals surface area contributed by atoms with Crippen LogP contribution in [0.2, 0.25) is 0 Å². The highest BCUT2D eigenvalue weighted by Crippen LogP contribution is 2.35. The van der Waals surface area contributed by atoms with Crippen molar-refractivity contribution in [3.8, 4) is 0 Å². The zero-order chi connectivity index (χ0) is 20.3. The number of cyclic esters (lactones) is 1. The molecule has 0 bridgehead atoms. The second-order valence-electron chi connectivity index (χ2n) is 6.95. The van der Waals surface area contributed by atoms with Crippen LogP contribution < -0.4 is 4.90 Å². The molecule has 0 N–H and O–H groups in total. The number of hydrogen-bond donors (Lipinski definition) is 0. The number of carbonyl (C=O) groups excluding carboxylic acids is 2. The van der Waals surface area contributed by atoms with Crippen LogP contribution in [-0.2, 0) is 25.1 Å². The summed E-state index contributed by atoms with van der Waals surface area (Å²) in [5, 5.41) is 0. The van der Waals surface area contributed by atoms with Crippen molar-refractivity contribution in [2.75, 3.05) is 29.6 Å². The first-order chi connectivity index (χ1) is 13.4. The molecular weight excluding hydrogens is 392 g/mol. The van der Waals surface area contributed by atoms with E-state index in [9.17, 15) is 22.6 Å². The van der Waals surface area contributed by atoms with Gasteiger partial charge in [0, 0.05) is 27.9 Å². The van der Waals surface area contributed by atoms with Crippen molar-refractivity contribution in [1.29, 1.82) is 0 Å². The van der Waals surface area contributed by atoms with Crippen molar-refractivity contribution in [1.82, 2.24) is 0 Å². The second-order valence-corrected chi connectivity index (χ2v) is 8.65. The Kier molecular flexibility index (Phi) is 6.64. The normalized spacial score (nSPS) is 24.9. The van der Waals surface area contributed by atoms with Crippen LogP contribution in [0.1, 0.15) is 44.1 Å². The lowest BCUT2D eigenvalue weighted by Gasteiger charge is -2.23. The van der Waals surface area contributed by atoms with E-state index >= 15 is 0 Å². The largest absolute Gasteiger partial charge is 0.463 e. The maximum absolute atomic E-state index is 14.6. The van der Waals surface area contributed by atoms with Gasteiger partial charge in [0.15, 0.2) is 0 Å². The Hall–Kier alpha value is -2.03. The summed E-state index contributed by atoms with van der Waals surface area (Å²) in [6, 6.07) is 2.16. The summed E-state index contributed by atoms with van der Waals surface area (Å²) in [5.74, 6) is -1.67. The molecule has 2 heterocycles. The first kappa shape index (κ1) is 20.7. The smallest absolute Gasteiger partial charge is 0.415 e. The Labute approximate surface area is 164 Å². The Morgan fingerprint density at radius 3 is 2.54 bits per heavy atom. The van der Waals surface area contributed by atoms with Gasteiger partial charge in [-0.15, -0.1) is 0 Å². The number of esters is 1. The monoisotopic (exact) mass is 415 g/mol. The Morgan fingerprint density at radius 2 is 1.93 bits per heavy atom. The van der Waals surface area contributed by atoms with E-state index in [1.165, 1.54) is 0 Å². The first-order valence-electron chi connectivity index (χ1n) is 9.39. The predicted octanol–water partition coefficient (Wildman–Crippen LogP) is 3.26. The molecule has 0 radical (unpaired) electrons. The topological polar surface area (TPSA) is 72.9 Å². The average molecular weight is 415 g/mol. The third-order valence-corrected chi connectivity index (χ3v) is 6.37. The Morgan fingerprint density at radius 1 is 1.29 bits per heavy atom. The number of halogens is 2. The summed E-state index contributed by atoms with van der Waals surface area (Å²) >= 11 is 0. The van der Waals surface area contributed by atoms with Crippen molar-refractivity contribution < 1.29 is 32.1 Å². The molecule has 3 rings (SSSR count). The van der Waals surface area contributed by atoms with Crippen LogP contribution in [0, 0.1) is 11.6 Å². The lowest BCUT2D eigenvalue weighted by molar-refractivity contribution is -0.151. The number of hydrogen-bond acceptors (Lipinski definition) is 5. The number of anilines is 1. The maximum atomic E-state index is 14.6. The van der Waals surface area contributed by atoms with Gasteiger partial charge in [0.1, 0.15) is 11.6 Å². The third kappa shape index (κ3) is 4.51. The van der Waals surface area contributed by atoms with Gasteiger partial charge in [0.05, 0.1) is 18.8 Å². The van der Waals surface area contributed by atoms with Gasteiger partial charge in [0.25, 0.3) is 0 Å². The molecule has 28 heavy (non-hydrogen) atoms. The van der Waals surface area contributed by atoms with Crippen LogP contribution in [0.25, 0.3) is 0 Å². The van der Waals surface area contributed by atoms with E-state index in [4.69, 9.17) is 9.47 Å². The molecule has 1 atom stereocenters. The number of unbranched alkanes of at least 4 members (excludes halogenated alkanes) is 1. The van der Waals surface area contributed by atoms with Crippen molar-refractivity contribution in [3.05, 3.63) is 29.3 Å². The highest BCUT2D eigenvalue weighted by Gasteiger charge is 2.39. The van der Waals surface area contributed by atoms with Crippen LogP contribution in [0.5, 0.6) is 0 Å². The van der Waals surface area contributed by atoms with E-state index in [0.717, 1.165) is 23.5 Å². The molecule has 0 unspecified atom stereocenters. The number of nitrogens with zero attached hydrogens (tertiary/aromatic N) is 1. The number of rotatable bonds is 6. The molecular formula is C19H23F2NO5S. The molecule has 0 spiro atoms. The van der Waals surface area contributed by atoms with Gasteiger partial charge in [-0.25, -0.2) is 18.4 Å². The minimum absolute atomic E-state index is 0.00741. The quantitative estimate of drug-likeness (QED) is 0.527. The van der Waals surface area contributed by atoms with E-state index < -0.39 is 40.6 Å². The minimum Gasteiger partial charge on any atom is -0.463 e. The Bertz CT molecular complexity index is 755. The molecule has 0 aromatic heterocycles. The minimum atomic E-state index is -1.12. The van der Waals surface area contributed by atoms with Crippen molar-refractivity contribution in [3.63, 3.8) is 0 Å². The van der Waals surface area contributed by atoms with E-state index in [1.54, 1.807) is 0 Å². The van der Waals surface area contributed by atoms with Crippen LogP contribution in [0.4, 0.5) is 19.3 Å². The molecule has 0 saturated carbocycles. The lowest BCUT2D eigenvalue weighted by Crippen LogP contribution is -2.29. The number of ether oxygens (including phenoxy) is 2. The highest BCUT2D eigenvalue weighted by atomic mass is 32.2. The van der Waals surface area contributed by atoms with Gasteiger partial charge in [-0.1, -0.05) is 13.3 Å². The van der Waals surface area contributed by atoms with Crippen LogP contribution in [-0.4, -0.2) is 47.0 Å². The third-order valence-electron chi connectivity index (χ3n) is 4.99. The van der Waals surface area contributed by atoms with Crippen LogP contribution in [0.3, 0.4) is 0 Å². The summed E-state index contributed by atoms with van der Waals surface area (Å²) in [4.78, 5) is 25.1. The van der Waals surface area contributed by atoms with E-state index in [0.29, 0.717) is 30.8 Å². The van der Waals surface area contributed by atoms with Crippen molar-refractivity contribution >= 4 is 28.5 Å². The summed E-state index contributed by atoms with van der Waals surface area (Å²) in [6.07, 6.45) is 0.489. The molecule has 1 amide bonds. The standard InChI is InChI=1S/C19H23F2NO5S/c1-2-3-6-26-18(23)16-11-22(19(24)27-16)13-9-14(20)17(15(21)10-13)12-4-7-28(25)8-5-12/h9-10,12,16H,2-8,11H2,1H3/t12?,16-,28?/m1/s1. The van der Waals surface area contributed by atoms with E-state index in [2.05, 4.69) is 0 Å². The molecule has 2 fully saturated rings. The first-order valence-corrected chi connectivity index (χ1v) is 10.9. The van der Waals surface area contributed by atoms with Gasteiger partial charge < -0.3 is 9.47 Å². The van der Waals surface area contributed by atoms with Crippen molar-refractivity contribution in [2.24, 2.45) is 0 Å². The molecule has 9 heteroatoms. The molecule has 0 aliphatic carbocycles. The van der Waals surface area contributed by atoms with E-state index in [1.807, 2.05) is 6.92 Å². The fraction of sp³-hybridized carbons (Fsp3) is 0.579. The van der Waals surface area contributed by atoms with Gasteiger partial charge in [-0.3, -0.25) is 9.11 Å². The molecule has 1 aromatic carbocycles. The fourth-order valence-corrected chi connectivity index (χ4v) is 4.70. The average Bonchev–Trinajstić information content (AvgIpc) is 3.04. The maximum Gasteiger partial charge on any atom is 0.415 e. The fourth-order valence-electron chi connectivity index (χ4n) is 3.41. The molecule has 2 aliphatic heterocycles. The SMILES string of the molecule is CCCCOC(=O)[C@H]1CN(c2cc(F)c(C3CCS(=O)CC3)c(F)c2)C(=O)O1. The van der Waals surface area contributed by atoms with Crippen LogP contribution >= 0.6 is 0 Å². The van der Waals surface area contributed by atoms with Crippen LogP contribution in [0.15, 0.2) is 12.1 Å². The molecule has 154 valence electrons. The number of carbonyl (C=O) groups is 2. The van der Waals surface area contributed by atoms with Gasteiger partial charge in [-0.05, 0) is 37.3 Å². The number of benzene rings is 1. The van der Waals surface area contributed by atoms with Gasteiger partial charge in [0.2, 0.25) is 6.10 Å². The van der Waals surface area contributed by atoms with Gasteiger partial charge in [-0.2, -0.15) is 0 Å².